The van der Waals surface area contributed by atoms with Crippen LogP contribution in [0, 0.1) is 12.8 Å². The van der Waals surface area contributed by atoms with E-state index >= 15 is 0 Å². The fourth-order valence-corrected chi connectivity index (χ4v) is 0.891. The zero-order valence-corrected chi connectivity index (χ0v) is 7.27. The van der Waals surface area contributed by atoms with Gasteiger partial charge in [0.2, 0.25) is 0 Å². The summed E-state index contributed by atoms with van der Waals surface area (Å²) in [7, 11) is 0. The van der Waals surface area contributed by atoms with E-state index in [0.29, 0.717) is 5.92 Å². The Hall–Kier alpha value is -0.260. The van der Waals surface area contributed by atoms with Crippen LogP contribution < -0.4 is 0 Å². The van der Waals surface area contributed by atoms with Gasteiger partial charge in [0.05, 0.1) is 0 Å². The predicted octanol–water partition coefficient (Wildman–Crippen LogP) is 3.59. The van der Waals surface area contributed by atoms with Gasteiger partial charge >= 0.3 is 0 Å². The molecule has 1 atom stereocenters. The highest BCUT2D eigenvalue weighted by atomic mass is 14.0. The van der Waals surface area contributed by atoms with Crippen molar-refractivity contribution in [1.29, 1.82) is 0 Å². The highest BCUT2D eigenvalue weighted by molar-refractivity contribution is 4.88. The third-order valence-electron chi connectivity index (χ3n) is 1.57. The van der Waals surface area contributed by atoms with Crippen LogP contribution in [0.3, 0.4) is 0 Å². The minimum atomic E-state index is 0.542. The Labute approximate surface area is 65.3 Å². The van der Waals surface area contributed by atoms with Crippen molar-refractivity contribution in [2.75, 3.05) is 0 Å². The van der Waals surface area contributed by atoms with Crippen molar-refractivity contribution in [3.63, 3.8) is 0 Å². The van der Waals surface area contributed by atoms with Crippen LogP contribution in [-0.2, 0) is 0 Å². The van der Waals surface area contributed by atoms with Gasteiger partial charge < -0.3 is 0 Å². The molecule has 0 amide bonds. The molecule has 0 saturated heterocycles. The molecule has 0 aromatic rings. The van der Waals surface area contributed by atoms with Crippen molar-refractivity contribution in [1.82, 2.24) is 0 Å². The molecule has 0 rings (SSSR count). The molecule has 0 heteroatoms. The molecular formula is C10H19. The molecule has 0 aliphatic heterocycles. The summed E-state index contributed by atoms with van der Waals surface area (Å²) in [6, 6.07) is 0. The second-order valence-corrected chi connectivity index (χ2v) is 2.74. The fourth-order valence-electron chi connectivity index (χ4n) is 0.891. The molecule has 0 fully saturated rings. The first-order valence-corrected chi connectivity index (χ1v) is 4.31. The van der Waals surface area contributed by atoms with Gasteiger partial charge in [-0.2, -0.15) is 0 Å². The molecule has 0 heterocycles. The molecular weight excluding hydrogens is 120 g/mol. The normalized spacial score (nSPS) is 14.3. The number of allylic oxidation sites excluding steroid dienone is 2. The number of unbranched alkanes of at least 4 members (excludes halogenated alkanes) is 1. The first kappa shape index (κ1) is 9.74. The van der Waals surface area contributed by atoms with Crippen molar-refractivity contribution >= 4 is 0 Å². The SMILES string of the molecule is [CH2]C(/C=C/CC)CCCC. The molecule has 0 aliphatic rings. The van der Waals surface area contributed by atoms with Gasteiger partial charge in [0.25, 0.3) is 0 Å². The van der Waals surface area contributed by atoms with Gasteiger partial charge in [0.1, 0.15) is 0 Å². The standard InChI is InChI=1S/C10H19/c1-4-6-8-10(3)9-7-5-2/h6,8,10H,3-5,7,9H2,1-2H3/b8-6+. The Morgan fingerprint density at radius 3 is 2.60 bits per heavy atom. The van der Waals surface area contributed by atoms with Crippen LogP contribution in [0.15, 0.2) is 12.2 Å². The number of rotatable bonds is 5. The maximum Gasteiger partial charge on any atom is -0.0233 e. The van der Waals surface area contributed by atoms with E-state index in [4.69, 9.17) is 0 Å². The van der Waals surface area contributed by atoms with Crippen LogP contribution in [0.4, 0.5) is 0 Å². The molecule has 0 spiro atoms. The summed E-state index contributed by atoms with van der Waals surface area (Å²) < 4.78 is 0. The molecule has 0 saturated carbocycles. The van der Waals surface area contributed by atoms with Gasteiger partial charge in [-0.15, -0.1) is 0 Å². The van der Waals surface area contributed by atoms with E-state index in [9.17, 15) is 0 Å². The first-order chi connectivity index (χ1) is 4.81. The lowest BCUT2D eigenvalue weighted by atomic mass is 10.0. The van der Waals surface area contributed by atoms with Gasteiger partial charge in [0.15, 0.2) is 0 Å². The van der Waals surface area contributed by atoms with Gasteiger partial charge in [-0.3, -0.25) is 0 Å². The van der Waals surface area contributed by atoms with Gasteiger partial charge in [-0.1, -0.05) is 38.8 Å². The summed E-state index contributed by atoms with van der Waals surface area (Å²) in [5, 5.41) is 0. The van der Waals surface area contributed by atoms with Crippen molar-refractivity contribution < 1.29 is 0 Å². The molecule has 10 heavy (non-hydrogen) atoms. The molecule has 0 bridgehead atoms. The maximum atomic E-state index is 4.03. The minimum absolute atomic E-state index is 0.542. The third-order valence-corrected chi connectivity index (χ3v) is 1.57. The average Bonchev–Trinajstić information content (AvgIpc) is 1.97. The Kier molecular flexibility index (Phi) is 6.68. The lowest BCUT2D eigenvalue weighted by Crippen LogP contribution is -1.88. The van der Waals surface area contributed by atoms with Crippen LogP contribution in [-0.4, -0.2) is 0 Å². The highest BCUT2D eigenvalue weighted by Gasteiger charge is 1.93. The smallest absolute Gasteiger partial charge is 0.0233 e. The zero-order chi connectivity index (χ0) is 7.82. The second-order valence-electron chi connectivity index (χ2n) is 2.74. The fraction of sp³-hybridized carbons (Fsp3) is 0.700. The van der Waals surface area contributed by atoms with E-state index in [-0.39, 0.29) is 0 Å². The highest BCUT2D eigenvalue weighted by Crippen LogP contribution is 2.08. The topological polar surface area (TPSA) is 0 Å². The van der Waals surface area contributed by atoms with Gasteiger partial charge in [-0.25, -0.2) is 0 Å². The number of hydrogen-bond acceptors (Lipinski definition) is 0. The minimum Gasteiger partial charge on any atom is -0.0885 e. The maximum absolute atomic E-state index is 4.03. The summed E-state index contributed by atoms with van der Waals surface area (Å²) in [5.74, 6) is 0.542. The van der Waals surface area contributed by atoms with Crippen molar-refractivity contribution in [3.8, 4) is 0 Å². The zero-order valence-electron chi connectivity index (χ0n) is 7.27. The lowest BCUT2D eigenvalue weighted by molar-refractivity contribution is 0.638. The van der Waals surface area contributed by atoms with E-state index in [0.717, 1.165) is 6.42 Å². The van der Waals surface area contributed by atoms with E-state index in [1.54, 1.807) is 0 Å². The quantitative estimate of drug-likeness (QED) is 0.510. The molecule has 0 aliphatic carbocycles. The van der Waals surface area contributed by atoms with E-state index < -0.39 is 0 Å². The van der Waals surface area contributed by atoms with E-state index in [2.05, 4.69) is 32.9 Å². The monoisotopic (exact) mass is 139 g/mol. The van der Waals surface area contributed by atoms with E-state index in [1.165, 1.54) is 19.3 Å². The molecule has 1 radical (unpaired) electrons. The largest absolute Gasteiger partial charge is 0.0885 e. The number of hydrogen-bond donors (Lipinski definition) is 0. The molecule has 0 N–H and O–H groups in total. The Balaban J connectivity index is 3.24. The van der Waals surface area contributed by atoms with Gasteiger partial charge in [-0.05, 0) is 25.7 Å². The van der Waals surface area contributed by atoms with Crippen molar-refractivity contribution in [2.45, 2.75) is 39.5 Å². The predicted molar refractivity (Wildman–Crippen MR) is 47.8 cm³/mol. The Morgan fingerprint density at radius 2 is 2.10 bits per heavy atom. The molecule has 0 aromatic heterocycles. The first-order valence-electron chi connectivity index (χ1n) is 4.31. The summed E-state index contributed by atoms with van der Waals surface area (Å²) in [5.41, 5.74) is 0. The van der Waals surface area contributed by atoms with Crippen molar-refractivity contribution in [2.24, 2.45) is 5.92 Å². The summed E-state index contributed by atoms with van der Waals surface area (Å²) in [6.07, 6.45) is 9.39. The van der Waals surface area contributed by atoms with Crippen LogP contribution in [0.2, 0.25) is 0 Å². The molecule has 1 unspecified atom stereocenters. The van der Waals surface area contributed by atoms with Crippen LogP contribution in [0.25, 0.3) is 0 Å². The van der Waals surface area contributed by atoms with Crippen LogP contribution >= 0.6 is 0 Å². The summed E-state index contributed by atoms with van der Waals surface area (Å²) in [6.45, 7) is 8.40. The molecule has 59 valence electrons. The van der Waals surface area contributed by atoms with Gasteiger partial charge in [0, 0.05) is 0 Å². The summed E-state index contributed by atoms with van der Waals surface area (Å²) in [4.78, 5) is 0. The molecule has 0 nitrogen and oxygen atoms in total. The van der Waals surface area contributed by atoms with Crippen LogP contribution in [0.1, 0.15) is 39.5 Å². The summed E-state index contributed by atoms with van der Waals surface area (Å²) >= 11 is 0. The molecule has 0 aromatic carbocycles. The van der Waals surface area contributed by atoms with Crippen molar-refractivity contribution in [3.05, 3.63) is 19.1 Å². The average molecular weight is 139 g/mol. The Bertz CT molecular complexity index is 82.0. The Morgan fingerprint density at radius 1 is 1.40 bits per heavy atom. The third kappa shape index (κ3) is 5.87. The second kappa shape index (κ2) is 6.85. The van der Waals surface area contributed by atoms with E-state index in [1.807, 2.05) is 0 Å². The van der Waals surface area contributed by atoms with Crippen LogP contribution in [0.5, 0.6) is 0 Å². The lowest BCUT2D eigenvalue weighted by Gasteiger charge is -2.02.